The number of hydrogen-bond acceptors (Lipinski definition) is 6. The highest BCUT2D eigenvalue weighted by atomic mass is 16.6. The minimum Gasteiger partial charge on any atom is -0.457 e. The first-order valence-electron chi connectivity index (χ1n) is 10.2. The summed E-state index contributed by atoms with van der Waals surface area (Å²) in [6.45, 7) is 1.86. The van der Waals surface area contributed by atoms with Gasteiger partial charge in [-0.2, -0.15) is 0 Å². The summed E-state index contributed by atoms with van der Waals surface area (Å²) in [6, 6.07) is 12.8. The third-order valence-electron chi connectivity index (χ3n) is 5.27. The number of carbonyl (C=O) groups is 3. The van der Waals surface area contributed by atoms with E-state index in [0.717, 1.165) is 24.9 Å². The highest BCUT2D eigenvalue weighted by Gasteiger charge is 2.36. The maximum absolute atomic E-state index is 12.4. The number of non-ortho nitro benzene ring substituents is 1. The van der Waals surface area contributed by atoms with Gasteiger partial charge in [-0.25, -0.2) is 0 Å². The van der Waals surface area contributed by atoms with Crippen LogP contribution in [0.1, 0.15) is 42.1 Å². The number of ketones is 1. The van der Waals surface area contributed by atoms with Gasteiger partial charge >= 0.3 is 5.97 Å². The average Bonchev–Trinajstić information content (AvgIpc) is 3.17. The smallest absolute Gasteiger partial charge is 0.311 e. The molecule has 2 aromatic rings. The molecule has 0 aromatic heterocycles. The van der Waals surface area contributed by atoms with Crippen molar-refractivity contribution in [3.8, 4) is 0 Å². The highest BCUT2D eigenvalue weighted by molar-refractivity contribution is 6.01. The Morgan fingerprint density at radius 2 is 1.81 bits per heavy atom. The summed E-state index contributed by atoms with van der Waals surface area (Å²) in [7, 11) is 0. The SMILES string of the molecule is CCCCc1ccc(N2C[C@@H](C(=O)OCC(=O)c3ccc([N+](=O)[O-])cc3)CC2=O)cc1. The average molecular weight is 424 g/mol. The van der Waals surface area contributed by atoms with Gasteiger partial charge in [-0.15, -0.1) is 0 Å². The van der Waals surface area contributed by atoms with Crippen molar-refractivity contribution in [2.45, 2.75) is 32.6 Å². The zero-order valence-corrected chi connectivity index (χ0v) is 17.3. The molecule has 8 nitrogen and oxygen atoms in total. The van der Waals surface area contributed by atoms with E-state index in [2.05, 4.69) is 6.92 Å². The van der Waals surface area contributed by atoms with Gasteiger partial charge in [0.15, 0.2) is 12.4 Å². The number of aryl methyl sites for hydroxylation is 1. The second-order valence-electron chi connectivity index (χ2n) is 7.51. The first kappa shape index (κ1) is 22.1. The number of esters is 1. The number of unbranched alkanes of at least 4 members (excludes halogenated alkanes) is 1. The van der Waals surface area contributed by atoms with E-state index in [-0.39, 0.29) is 30.1 Å². The summed E-state index contributed by atoms with van der Waals surface area (Å²) in [5, 5.41) is 10.7. The van der Waals surface area contributed by atoms with Crippen LogP contribution in [0.5, 0.6) is 0 Å². The summed E-state index contributed by atoms with van der Waals surface area (Å²) >= 11 is 0. The van der Waals surface area contributed by atoms with Crippen molar-refractivity contribution in [2.24, 2.45) is 5.92 Å². The van der Waals surface area contributed by atoms with Gasteiger partial charge in [-0.3, -0.25) is 24.5 Å². The molecule has 0 unspecified atom stereocenters. The van der Waals surface area contributed by atoms with Gasteiger partial charge in [0, 0.05) is 36.3 Å². The molecule has 0 spiro atoms. The molecular weight excluding hydrogens is 400 g/mol. The lowest BCUT2D eigenvalue weighted by atomic mass is 10.1. The molecule has 0 saturated carbocycles. The summed E-state index contributed by atoms with van der Waals surface area (Å²) in [5.41, 5.74) is 2.03. The predicted molar refractivity (Wildman–Crippen MR) is 114 cm³/mol. The first-order chi connectivity index (χ1) is 14.9. The summed E-state index contributed by atoms with van der Waals surface area (Å²) in [4.78, 5) is 48.6. The largest absolute Gasteiger partial charge is 0.457 e. The number of ether oxygens (including phenoxy) is 1. The molecule has 31 heavy (non-hydrogen) atoms. The van der Waals surface area contributed by atoms with Gasteiger partial charge < -0.3 is 9.64 Å². The predicted octanol–water partition coefficient (Wildman–Crippen LogP) is 3.72. The molecule has 1 atom stereocenters. The van der Waals surface area contributed by atoms with E-state index in [9.17, 15) is 24.5 Å². The van der Waals surface area contributed by atoms with Crippen LogP contribution < -0.4 is 4.90 Å². The summed E-state index contributed by atoms with van der Waals surface area (Å²) < 4.78 is 5.11. The first-order valence-corrected chi connectivity index (χ1v) is 10.2. The molecule has 1 aliphatic heterocycles. The zero-order chi connectivity index (χ0) is 22.4. The highest BCUT2D eigenvalue weighted by Crippen LogP contribution is 2.26. The van der Waals surface area contributed by atoms with Crippen LogP contribution >= 0.6 is 0 Å². The Labute approximate surface area is 180 Å². The third-order valence-corrected chi connectivity index (χ3v) is 5.27. The molecule has 2 aromatic carbocycles. The van der Waals surface area contributed by atoms with E-state index in [1.54, 1.807) is 4.90 Å². The molecule has 8 heteroatoms. The fraction of sp³-hybridized carbons (Fsp3) is 0.348. The maximum Gasteiger partial charge on any atom is 0.311 e. The van der Waals surface area contributed by atoms with Crippen molar-refractivity contribution in [3.63, 3.8) is 0 Å². The molecule has 1 saturated heterocycles. The van der Waals surface area contributed by atoms with E-state index in [0.29, 0.717) is 0 Å². The van der Waals surface area contributed by atoms with Crippen LogP contribution in [0.2, 0.25) is 0 Å². The van der Waals surface area contributed by atoms with Gasteiger partial charge in [-0.05, 0) is 42.7 Å². The van der Waals surface area contributed by atoms with Crippen LogP contribution in [0, 0.1) is 16.0 Å². The standard InChI is InChI=1S/C23H24N2O6/c1-2-3-4-16-5-9-19(10-6-16)24-14-18(13-22(24)27)23(28)31-15-21(26)17-7-11-20(12-8-17)25(29)30/h5-12,18H,2-4,13-15H2,1H3/t18-/m0/s1. The summed E-state index contributed by atoms with van der Waals surface area (Å²) in [5.74, 6) is -1.88. The van der Waals surface area contributed by atoms with E-state index in [1.807, 2.05) is 24.3 Å². The molecule has 3 rings (SSSR count). The number of nitro groups is 1. The van der Waals surface area contributed by atoms with Gasteiger partial charge in [-0.1, -0.05) is 25.5 Å². The van der Waals surface area contributed by atoms with Crippen LogP contribution in [-0.4, -0.2) is 35.7 Å². The molecule has 1 aliphatic rings. The molecule has 0 radical (unpaired) electrons. The normalized spacial score (nSPS) is 15.7. The van der Waals surface area contributed by atoms with Gasteiger partial charge in [0.1, 0.15) is 0 Å². The quantitative estimate of drug-likeness (QED) is 0.263. The molecule has 0 bridgehead atoms. The molecule has 0 N–H and O–H groups in total. The third kappa shape index (κ3) is 5.53. The topological polar surface area (TPSA) is 107 Å². The van der Waals surface area contributed by atoms with Crippen molar-refractivity contribution in [1.82, 2.24) is 0 Å². The van der Waals surface area contributed by atoms with E-state index in [4.69, 9.17) is 4.74 Å². The number of anilines is 1. The van der Waals surface area contributed by atoms with Crippen molar-refractivity contribution in [1.29, 1.82) is 0 Å². The van der Waals surface area contributed by atoms with Crippen LogP contribution in [0.25, 0.3) is 0 Å². The molecule has 1 amide bonds. The van der Waals surface area contributed by atoms with Crippen molar-refractivity contribution in [3.05, 3.63) is 69.8 Å². The molecule has 0 aliphatic carbocycles. The van der Waals surface area contributed by atoms with Crippen LogP contribution in [0.3, 0.4) is 0 Å². The molecular formula is C23H24N2O6. The van der Waals surface area contributed by atoms with Crippen LogP contribution in [0.15, 0.2) is 48.5 Å². The van der Waals surface area contributed by atoms with Crippen molar-refractivity contribution in [2.75, 3.05) is 18.1 Å². The monoisotopic (exact) mass is 424 g/mol. The zero-order valence-electron chi connectivity index (χ0n) is 17.3. The number of hydrogen-bond donors (Lipinski definition) is 0. The number of rotatable bonds is 9. The number of nitrogens with zero attached hydrogens (tertiary/aromatic N) is 2. The van der Waals surface area contributed by atoms with Gasteiger partial charge in [0.05, 0.1) is 10.8 Å². The second kappa shape index (κ2) is 9.97. The number of Topliss-reactive ketones (excluding diaryl/α,β-unsaturated/α-hetero) is 1. The van der Waals surface area contributed by atoms with Gasteiger partial charge in [0.2, 0.25) is 5.91 Å². The lowest BCUT2D eigenvalue weighted by Gasteiger charge is -2.17. The lowest BCUT2D eigenvalue weighted by molar-refractivity contribution is -0.384. The Hall–Kier alpha value is -3.55. The van der Waals surface area contributed by atoms with Crippen molar-refractivity contribution >= 4 is 29.0 Å². The Bertz CT molecular complexity index is 969. The Morgan fingerprint density at radius 1 is 1.13 bits per heavy atom. The van der Waals surface area contributed by atoms with E-state index >= 15 is 0 Å². The molecule has 1 fully saturated rings. The van der Waals surface area contributed by atoms with Crippen LogP contribution in [0.4, 0.5) is 11.4 Å². The number of carbonyl (C=O) groups excluding carboxylic acids is 3. The van der Waals surface area contributed by atoms with Gasteiger partial charge in [0.25, 0.3) is 5.69 Å². The Morgan fingerprint density at radius 3 is 2.42 bits per heavy atom. The fourth-order valence-electron chi connectivity index (χ4n) is 3.45. The number of benzene rings is 2. The minimum atomic E-state index is -0.642. The fourth-order valence-corrected chi connectivity index (χ4v) is 3.45. The molecule has 1 heterocycles. The Kier molecular flexibility index (Phi) is 7.12. The lowest BCUT2D eigenvalue weighted by Crippen LogP contribution is -2.27. The number of amides is 1. The van der Waals surface area contributed by atoms with E-state index < -0.39 is 29.2 Å². The Balaban J connectivity index is 1.53. The van der Waals surface area contributed by atoms with Crippen LogP contribution in [-0.2, 0) is 20.7 Å². The van der Waals surface area contributed by atoms with Crippen molar-refractivity contribution < 1.29 is 24.0 Å². The minimum absolute atomic E-state index is 0.0299. The summed E-state index contributed by atoms with van der Waals surface area (Å²) in [6.07, 6.45) is 3.24. The van der Waals surface area contributed by atoms with E-state index in [1.165, 1.54) is 29.8 Å². The molecule has 162 valence electrons. The maximum atomic E-state index is 12.4. The number of nitro benzene ring substituents is 1. The second-order valence-corrected chi connectivity index (χ2v) is 7.51.